The Hall–Kier alpha value is -1.77. The first-order valence-corrected chi connectivity index (χ1v) is 7.41. The molecule has 9 heteroatoms. The Labute approximate surface area is 130 Å². The molecule has 23 heavy (non-hydrogen) atoms. The summed E-state index contributed by atoms with van der Waals surface area (Å²) in [6.07, 6.45) is -2.12. The number of halogens is 3. The molecule has 2 aliphatic heterocycles. The molecule has 3 rings (SSSR count). The van der Waals surface area contributed by atoms with Crippen LogP contribution in [-0.2, 0) is 25.4 Å². The first-order chi connectivity index (χ1) is 10.7. The van der Waals surface area contributed by atoms with Gasteiger partial charge in [0, 0.05) is 31.0 Å². The molecule has 0 spiro atoms. The van der Waals surface area contributed by atoms with E-state index in [0.717, 1.165) is 9.58 Å². The molecule has 128 valence electrons. The predicted molar refractivity (Wildman–Crippen MR) is 73.0 cm³/mol. The molecule has 6 nitrogen and oxygen atoms in total. The number of hydrogen-bond acceptors (Lipinski definition) is 3. The third kappa shape index (κ3) is 2.56. The average Bonchev–Trinajstić information content (AvgIpc) is 2.77. The number of alkyl halides is 3. The second-order valence-electron chi connectivity index (χ2n) is 6.45. The molecule has 0 aromatic carbocycles. The number of carbonyl (C=O) groups is 1. The van der Waals surface area contributed by atoms with Gasteiger partial charge in [-0.05, 0) is 13.3 Å². The van der Waals surface area contributed by atoms with Gasteiger partial charge in [-0.1, -0.05) is 0 Å². The van der Waals surface area contributed by atoms with E-state index in [9.17, 15) is 28.2 Å². The SMILES string of the molecule is C[C@@H]1Cc2nn3c(c2CN1C(=O)O)C(F)(F)CC(O)(CF)CC3. The lowest BCUT2D eigenvalue weighted by Gasteiger charge is -2.32. The number of aliphatic hydroxyl groups is 1. The molecule has 0 radical (unpaired) electrons. The molecule has 1 aromatic rings. The fourth-order valence-corrected chi connectivity index (χ4v) is 3.44. The standard InChI is InChI=1S/C14H18F3N3O3/c1-8-4-10-9(5-19(8)12(21)22)11-14(16,17)6-13(23,7-15)2-3-20(11)18-10/h8,23H,2-7H2,1H3,(H,21,22)/t8-,13?/m1/s1. The zero-order chi connectivity index (χ0) is 17.0. The normalized spacial score (nSPS) is 29.6. The minimum atomic E-state index is -3.47. The highest BCUT2D eigenvalue weighted by molar-refractivity contribution is 5.66. The number of carboxylic acid groups (broad SMARTS) is 1. The van der Waals surface area contributed by atoms with E-state index in [1.54, 1.807) is 6.92 Å². The monoisotopic (exact) mass is 333 g/mol. The number of amides is 1. The molecule has 1 amide bonds. The van der Waals surface area contributed by atoms with Crippen LogP contribution >= 0.6 is 0 Å². The minimum Gasteiger partial charge on any atom is -0.465 e. The van der Waals surface area contributed by atoms with Gasteiger partial charge in [-0.15, -0.1) is 0 Å². The molecule has 1 aromatic heterocycles. The summed E-state index contributed by atoms with van der Waals surface area (Å²) < 4.78 is 43.3. The van der Waals surface area contributed by atoms with Gasteiger partial charge in [0.1, 0.15) is 18.0 Å². The Balaban J connectivity index is 2.06. The topological polar surface area (TPSA) is 78.6 Å². The van der Waals surface area contributed by atoms with Gasteiger partial charge >= 0.3 is 6.09 Å². The average molecular weight is 333 g/mol. The summed E-state index contributed by atoms with van der Waals surface area (Å²) in [6.45, 7) is 0.236. The number of aromatic nitrogens is 2. The van der Waals surface area contributed by atoms with Crippen LogP contribution in [0.4, 0.5) is 18.0 Å². The van der Waals surface area contributed by atoms with E-state index in [0.29, 0.717) is 5.69 Å². The number of aryl methyl sites for hydroxylation is 1. The second kappa shape index (κ2) is 5.12. The van der Waals surface area contributed by atoms with Crippen molar-refractivity contribution in [1.29, 1.82) is 0 Å². The van der Waals surface area contributed by atoms with E-state index in [4.69, 9.17) is 0 Å². The highest BCUT2D eigenvalue weighted by Crippen LogP contribution is 2.44. The molecular formula is C14H18F3N3O3. The molecule has 0 fully saturated rings. The Kier molecular flexibility index (Phi) is 3.58. The van der Waals surface area contributed by atoms with Crippen molar-refractivity contribution in [2.75, 3.05) is 6.67 Å². The van der Waals surface area contributed by atoms with Crippen molar-refractivity contribution in [1.82, 2.24) is 14.7 Å². The van der Waals surface area contributed by atoms with Crippen LogP contribution in [0.25, 0.3) is 0 Å². The zero-order valence-electron chi connectivity index (χ0n) is 12.6. The maximum atomic E-state index is 14.6. The Bertz CT molecular complexity index is 649. The maximum absolute atomic E-state index is 14.6. The van der Waals surface area contributed by atoms with E-state index in [1.807, 2.05) is 0 Å². The van der Waals surface area contributed by atoms with Gasteiger partial charge in [-0.2, -0.15) is 13.9 Å². The number of hydrogen-bond donors (Lipinski definition) is 2. The summed E-state index contributed by atoms with van der Waals surface area (Å²) in [5.41, 5.74) is -1.85. The highest BCUT2D eigenvalue weighted by Gasteiger charge is 2.50. The fourth-order valence-electron chi connectivity index (χ4n) is 3.44. The van der Waals surface area contributed by atoms with E-state index in [1.165, 1.54) is 0 Å². The van der Waals surface area contributed by atoms with Gasteiger partial charge in [0.15, 0.2) is 0 Å². The maximum Gasteiger partial charge on any atom is 0.407 e. The number of nitrogens with zero attached hydrogens (tertiary/aromatic N) is 3. The molecule has 2 atom stereocenters. The molecule has 2 N–H and O–H groups in total. The van der Waals surface area contributed by atoms with Crippen LogP contribution in [0.1, 0.15) is 36.7 Å². The van der Waals surface area contributed by atoms with Gasteiger partial charge < -0.3 is 15.1 Å². The minimum absolute atomic E-state index is 0.0280. The molecule has 3 heterocycles. The summed E-state index contributed by atoms with van der Waals surface area (Å²) in [6, 6.07) is -0.351. The number of rotatable bonds is 1. The summed E-state index contributed by atoms with van der Waals surface area (Å²) in [5, 5.41) is 23.4. The van der Waals surface area contributed by atoms with E-state index < -0.39 is 36.4 Å². The van der Waals surface area contributed by atoms with Crippen molar-refractivity contribution in [3.63, 3.8) is 0 Å². The lowest BCUT2D eigenvalue weighted by molar-refractivity contribution is -0.102. The van der Waals surface area contributed by atoms with Gasteiger partial charge in [0.05, 0.1) is 12.2 Å². The first-order valence-electron chi connectivity index (χ1n) is 7.41. The third-order valence-electron chi connectivity index (χ3n) is 4.66. The van der Waals surface area contributed by atoms with Crippen molar-refractivity contribution in [3.05, 3.63) is 17.0 Å². The largest absolute Gasteiger partial charge is 0.465 e. The zero-order valence-corrected chi connectivity index (χ0v) is 12.6. The third-order valence-corrected chi connectivity index (χ3v) is 4.66. The van der Waals surface area contributed by atoms with Crippen molar-refractivity contribution < 1.29 is 28.2 Å². The quantitative estimate of drug-likeness (QED) is 0.823. The van der Waals surface area contributed by atoms with Crippen LogP contribution in [-0.4, -0.2) is 49.3 Å². The van der Waals surface area contributed by atoms with Gasteiger partial charge in [-0.3, -0.25) is 4.68 Å². The molecule has 0 aliphatic carbocycles. The molecule has 0 bridgehead atoms. The Morgan fingerprint density at radius 2 is 2.17 bits per heavy atom. The lowest BCUT2D eigenvalue weighted by Crippen LogP contribution is -2.42. The molecule has 1 unspecified atom stereocenters. The van der Waals surface area contributed by atoms with Gasteiger partial charge in [0.25, 0.3) is 5.92 Å². The van der Waals surface area contributed by atoms with Crippen LogP contribution in [0.2, 0.25) is 0 Å². The lowest BCUT2D eigenvalue weighted by atomic mass is 9.91. The summed E-state index contributed by atoms with van der Waals surface area (Å²) >= 11 is 0. The van der Waals surface area contributed by atoms with E-state index in [-0.39, 0.29) is 37.5 Å². The van der Waals surface area contributed by atoms with Crippen LogP contribution in [0.15, 0.2) is 0 Å². The Morgan fingerprint density at radius 3 is 2.78 bits per heavy atom. The van der Waals surface area contributed by atoms with Crippen LogP contribution < -0.4 is 0 Å². The van der Waals surface area contributed by atoms with E-state index >= 15 is 0 Å². The van der Waals surface area contributed by atoms with Crippen molar-refractivity contribution in [2.24, 2.45) is 0 Å². The summed E-state index contributed by atoms with van der Waals surface area (Å²) in [5.74, 6) is -3.47. The van der Waals surface area contributed by atoms with Crippen LogP contribution in [0.5, 0.6) is 0 Å². The van der Waals surface area contributed by atoms with Crippen LogP contribution in [0, 0.1) is 0 Å². The summed E-state index contributed by atoms with van der Waals surface area (Å²) in [4.78, 5) is 12.4. The fraction of sp³-hybridized carbons (Fsp3) is 0.714. The molecular weight excluding hydrogens is 315 g/mol. The predicted octanol–water partition coefficient (Wildman–Crippen LogP) is 1.89. The van der Waals surface area contributed by atoms with Gasteiger partial charge in [0.2, 0.25) is 0 Å². The molecule has 0 saturated heterocycles. The van der Waals surface area contributed by atoms with Crippen molar-refractivity contribution in [3.8, 4) is 0 Å². The number of fused-ring (bicyclic) bond motifs is 3. The van der Waals surface area contributed by atoms with Gasteiger partial charge in [-0.25, -0.2) is 9.18 Å². The highest BCUT2D eigenvalue weighted by atomic mass is 19.3. The first kappa shape index (κ1) is 16.1. The molecule has 0 saturated carbocycles. The van der Waals surface area contributed by atoms with Crippen molar-refractivity contribution >= 4 is 6.09 Å². The summed E-state index contributed by atoms with van der Waals surface area (Å²) in [7, 11) is 0. The van der Waals surface area contributed by atoms with Crippen LogP contribution in [0.3, 0.4) is 0 Å². The second-order valence-corrected chi connectivity index (χ2v) is 6.45. The smallest absolute Gasteiger partial charge is 0.407 e. The Morgan fingerprint density at radius 1 is 1.48 bits per heavy atom. The van der Waals surface area contributed by atoms with E-state index in [2.05, 4.69) is 5.10 Å². The molecule has 2 aliphatic rings. The van der Waals surface area contributed by atoms with Crippen molar-refractivity contribution in [2.45, 2.75) is 56.8 Å².